The summed E-state index contributed by atoms with van der Waals surface area (Å²) in [4.78, 5) is 35.5. The average molecular weight is 525 g/mol. The smallest absolute Gasteiger partial charge is 0.234 e. The Morgan fingerprint density at radius 2 is 2.03 bits per heavy atom. The third kappa shape index (κ3) is 9.19. The number of nitrogens with two attached hydrogens (primary N) is 1. The molecule has 2 amide bonds. The van der Waals surface area contributed by atoms with Gasteiger partial charge in [-0.2, -0.15) is 0 Å². The van der Waals surface area contributed by atoms with Crippen LogP contribution < -0.4 is 16.4 Å². The third-order valence-electron chi connectivity index (χ3n) is 5.50. The van der Waals surface area contributed by atoms with Crippen LogP contribution in [0.1, 0.15) is 45.3 Å². The third-order valence-corrected chi connectivity index (χ3v) is 7.59. The van der Waals surface area contributed by atoms with E-state index in [2.05, 4.69) is 46.3 Å². The molecule has 0 radical (unpaired) electrons. The minimum Gasteiger partial charge on any atom is -0.444 e. The summed E-state index contributed by atoms with van der Waals surface area (Å²) in [5.41, 5.74) is 5.29. The van der Waals surface area contributed by atoms with Crippen molar-refractivity contribution in [3.63, 3.8) is 0 Å². The first-order chi connectivity index (χ1) is 16.7. The first-order valence-electron chi connectivity index (χ1n) is 11.9. The monoisotopic (exact) mass is 524 g/mol. The Kier molecular flexibility index (Phi) is 10.5. The minimum absolute atomic E-state index is 0.0143. The van der Waals surface area contributed by atoms with Crippen LogP contribution >= 0.6 is 23.1 Å². The van der Waals surface area contributed by atoms with Gasteiger partial charge in [0.05, 0.1) is 42.1 Å². The Balaban J connectivity index is 1.35. The molecule has 12 heteroatoms. The molecule has 0 aromatic carbocycles. The van der Waals surface area contributed by atoms with Gasteiger partial charge in [0.25, 0.3) is 0 Å². The lowest BCUT2D eigenvalue weighted by molar-refractivity contribution is -0.123. The molecule has 1 fully saturated rings. The number of hydrogen-bond donors (Lipinski definition) is 3. The van der Waals surface area contributed by atoms with Crippen molar-refractivity contribution in [3.8, 4) is 0 Å². The second kappa shape index (κ2) is 13.4. The van der Waals surface area contributed by atoms with Crippen LogP contribution in [0.25, 0.3) is 0 Å². The van der Waals surface area contributed by atoms with Gasteiger partial charge in [-0.3, -0.25) is 14.5 Å². The Labute approximate surface area is 214 Å². The maximum atomic E-state index is 12.7. The van der Waals surface area contributed by atoms with E-state index < -0.39 is 0 Å². The van der Waals surface area contributed by atoms with Gasteiger partial charge >= 0.3 is 0 Å². The number of ether oxygens (including phenoxy) is 1. The first-order valence-corrected chi connectivity index (χ1v) is 13.7. The van der Waals surface area contributed by atoms with Gasteiger partial charge in [0.1, 0.15) is 5.76 Å². The molecule has 1 aliphatic heterocycles. The van der Waals surface area contributed by atoms with E-state index in [1.807, 2.05) is 0 Å². The molecule has 2 aromatic rings. The van der Waals surface area contributed by atoms with Crippen LogP contribution in [0.2, 0.25) is 0 Å². The number of piperidine rings is 1. The number of carbonyl (C=O) groups is 2. The molecule has 1 saturated heterocycles. The fraction of sp³-hybridized carbons (Fsp3) is 0.652. The summed E-state index contributed by atoms with van der Waals surface area (Å²) in [6.07, 6.45) is 4.98. The lowest BCUT2D eigenvalue weighted by Gasteiger charge is -2.30. The van der Waals surface area contributed by atoms with Crippen LogP contribution in [0.5, 0.6) is 0 Å². The summed E-state index contributed by atoms with van der Waals surface area (Å²) in [6.45, 7) is 9.92. The number of likely N-dealkylation sites (tertiary alicyclic amines) is 1. The number of nitrogens with one attached hydrogen (secondary N) is 2. The Hall–Kier alpha value is -1.99. The SMILES string of the molecule is CC(C)(C)c1cnc(CSc2cnc(NC(=O)C3CCN(CC(=O)NCCOCCN)CC3)s2)o1. The van der Waals surface area contributed by atoms with E-state index in [9.17, 15) is 9.59 Å². The molecule has 2 aromatic heterocycles. The Morgan fingerprint density at radius 3 is 2.71 bits per heavy atom. The van der Waals surface area contributed by atoms with E-state index in [1.165, 1.54) is 11.3 Å². The van der Waals surface area contributed by atoms with E-state index in [0.29, 0.717) is 75.6 Å². The Morgan fingerprint density at radius 1 is 1.26 bits per heavy atom. The van der Waals surface area contributed by atoms with Crippen LogP contribution in [-0.4, -0.2) is 72.6 Å². The van der Waals surface area contributed by atoms with Gasteiger partial charge in [0.2, 0.25) is 17.7 Å². The molecule has 0 unspecified atom stereocenters. The summed E-state index contributed by atoms with van der Waals surface area (Å²) in [7, 11) is 0. The van der Waals surface area contributed by atoms with Crippen molar-refractivity contribution in [1.82, 2.24) is 20.2 Å². The highest BCUT2D eigenvalue weighted by atomic mass is 32.2. The molecule has 1 aliphatic rings. The fourth-order valence-corrected chi connectivity index (χ4v) is 5.24. The number of anilines is 1. The molecule has 35 heavy (non-hydrogen) atoms. The fourth-order valence-electron chi connectivity index (χ4n) is 3.51. The van der Waals surface area contributed by atoms with Crippen LogP contribution in [0.15, 0.2) is 21.0 Å². The van der Waals surface area contributed by atoms with Crippen molar-refractivity contribution in [1.29, 1.82) is 0 Å². The maximum Gasteiger partial charge on any atom is 0.234 e. The zero-order valence-corrected chi connectivity index (χ0v) is 22.3. The van der Waals surface area contributed by atoms with Gasteiger partial charge in [0, 0.05) is 24.4 Å². The normalized spacial score (nSPS) is 15.3. The molecule has 3 rings (SSSR count). The molecule has 194 valence electrons. The van der Waals surface area contributed by atoms with Gasteiger partial charge in [-0.25, -0.2) is 9.97 Å². The first kappa shape index (κ1) is 27.6. The number of thiazole rings is 1. The number of oxazole rings is 1. The predicted octanol–water partition coefficient (Wildman–Crippen LogP) is 2.46. The molecule has 0 bridgehead atoms. The average Bonchev–Trinajstić information content (AvgIpc) is 3.47. The number of thioether (sulfide) groups is 1. The lowest BCUT2D eigenvalue weighted by atomic mass is 9.94. The molecular formula is C23H36N6O4S2. The highest BCUT2D eigenvalue weighted by Crippen LogP contribution is 2.32. The molecular weight excluding hydrogens is 488 g/mol. The van der Waals surface area contributed by atoms with E-state index in [0.717, 1.165) is 9.97 Å². The molecule has 3 heterocycles. The predicted molar refractivity (Wildman–Crippen MR) is 138 cm³/mol. The van der Waals surface area contributed by atoms with Gasteiger partial charge in [-0.15, -0.1) is 11.8 Å². The molecule has 0 aliphatic carbocycles. The quantitative estimate of drug-likeness (QED) is 0.282. The molecule has 0 saturated carbocycles. The molecule has 0 spiro atoms. The second-order valence-corrected chi connectivity index (χ2v) is 11.7. The summed E-state index contributed by atoms with van der Waals surface area (Å²) in [5, 5.41) is 6.39. The van der Waals surface area contributed by atoms with Gasteiger partial charge < -0.3 is 25.5 Å². The standard InChI is InChI=1S/C23H36N6O4S2/c1-23(2,3)17-12-26-19(33-17)15-34-20-13-27-22(35-20)28-21(31)16-4-8-29(9-5-16)14-18(30)25-7-11-32-10-6-24/h12-13,16H,4-11,14-15,24H2,1-3H3,(H,25,30)(H,27,28,31). The van der Waals surface area contributed by atoms with Crippen molar-refractivity contribution in [2.45, 2.75) is 49.0 Å². The maximum absolute atomic E-state index is 12.7. The van der Waals surface area contributed by atoms with Crippen LogP contribution in [0.3, 0.4) is 0 Å². The van der Waals surface area contributed by atoms with Crippen molar-refractivity contribution in [3.05, 3.63) is 24.0 Å². The number of carbonyl (C=O) groups excluding carboxylic acids is 2. The molecule has 4 N–H and O–H groups in total. The number of amides is 2. The van der Waals surface area contributed by atoms with Gasteiger partial charge in [-0.1, -0.05) is 32.1 Å². The molecule has 10 nitrogen and oxygen atoms in total. The second-order valence-electron chi connectivity index (χ2n) is 9.43. The summed E-state index contributed by atoms with van der Waals surface area (Å²) < 4.78 is 12.1. The summed E-state index contributed by atoms with van der Waals surface area (Å²) in [6, 6.07) is 0. The highest BCUT2D eigenvalue weighted by molar-refractivity contribution is 8.00. The van der Waals surface area contributed by atoms with E-state index >= 15 is 0 Å². The summed E-state index contributed by atoms with van der Waals surface area (Å²) in [5.74, 6) is 2.03. The van der Waals surface area contributed by atoms with Gasteiger partial charge in [-0.05, 0) is 25.9 Å². The van der Waals surface area contributed by atoms with Gasteiger partial charge in [0.15, 0.2) is 5.13 Å². The van der Waals surface area contributed by atoms with Crippen molar-refractivity contribution in [2.24, 2.45) is 11.7 Å². The van der Waals surface area contributed by atoms with Crippen LogP contribution in [-0.2, 0) is 25.5 Å². The van der Waals surface area contributed by atoms with E-state index in [4.69, 9.17) is 14.9 Å². The van der Waals surface area contributed by atoms with E-state index in [1.54, 1.807) is 24.2 Å². The van der Waals surface area contributed by atoms with Crippen molar-refractivity contribution < 1.29 is 18.7 Å². The zero-order chi connectivity index (χ0) is 25.3. The number of nitrogens with zero attached hydrogens (tertiary/aromatic N) is 3. The topological polar surface area (TPSA) is 136 Å². The largest absolute Gasteiger partial charge is 0.444 e. The number of rotatable bonds is 12. The van der Waals surface area contributed by atoms with Crippen molar-refractivity contribution in [2.75, 3.05) is 51.3 Å². The number of aromatic nitrogens is 2. The minimum atomic E-state index is -0.0814. The molecule has 0 atom stereocenters. The van der Waals surface area contributed by atoms with Crippen molar-refractivity contribution >= 4 is 40.0 Å². The Bertz CT molecular complexity index is 950. The van der Waals surface area contributed by atoms with Crippen LogP contribution in [0, 0.1) is 5.92 Å². The summed E-state index contributed by atoms with van der Waals surface area (Å²) >= 11 is 3.03. The lowest BCUT2D eigenvalue weighted by Crippen LogP contribution is -2.44. The zero-order valence-electron chi connectivity index (χ0n) is 20.7. The number of hydrogen-bond acceptors (Lipinski definition) is 10. The highest BCUT2D eigenvalue weighted by Gasteiger charge is 2.26. The van der Waals surface area contributed by atoms with E-state index in [-0.39, 0.29) is 23.1 Å². The van der Waals surface area contributed by atoms with Crippen LogP contribution in [0.4, 0.5) is 5.13 Å².